The minimum Gasteiger partial charge on any atom is -0.336 e. The van der Waals surface area contributed by atoms with Gasteiger partial charge in [0.2, 0.25) is 5.91 Å². The molecule has 0 aromatic heterocycles. The van der Waals surface area contributed by atoms with Crippen molar-refractivity contribution in [3.05, 3.63) is 76.4 Å². The van der Waals surface area contributed by atoms with Crippen molar-refractivity contribution >= 4 is 5.91 Å². The van der Waals surface area contributed by atoms with Gasteiger partial charge in [-0.1, -0.05) is 53.7 Å². The van der Waals surface area contributed by atoms with Gasteiger partial charge in [-0.2, -0.15) is 4.91 Å². The third-order valence-corrected chi connectivity index (χ3v) is 4.72. The molecule has 1 amide bonds. The van der Waals surface area contributed by atoms with E-state index in [1.165, 1.54) is 6.07 Å². The maximum atomic E-state index is 14.0. The van der Waals surface area contributed by atoms with Gasteiger partial charge < -0.3 is 4.90 Å². The lowest BCUT2D eigenvalue weighted by molar-refractivity contribution is -0.129. The summed E-state index contributed by atoms with van der Waals surface area (Å²) in [6.45, 7) is 2.36. The molecule has 0 radical (unpaired) electrons. The first-order valence-electron chi connectivity index (χ1n) is 8.03. The number of benzene rings is 2. The standard InChI is InChI=1S/C19H19FN2O2/c1-13(14-7-3-2-4-8-14)22-12-15(11-18(22)23)19(21-24)16-9-5-6-10-17(16)20/h2-10,13,15,19H,11-12H2,1H3/t13-,15?,19?/m0/s1. The third kappa shape index (κ3) is 3.07. The Morgan fingerprint density at radius 1 is 1.12 bits per heavy atom. The van der Waals surface area contributed by atoms with Crippen LogP contribution < -0.4 is 0 Å². The van der Waals surface area contributed by atoms with Crippen LogP contribution in [0.2, 0.25) is 0 Å². The summed E-state index contributed by atoms with van der Waals surface area (Å²) in [6, 6.07) is 14.9. The van der Waals surface area contributed by atoms with E-state index >= 15 is 0 Å². The van der Waals surface area contributed by atoms with Gasteiger partial charge in [-0.15, -0.1) is 0 Å². The van der Waals surface area contributed by atoms with Crippen molar-refractivity contribution in [3.63, 3.8) is 0 Å². The predicted octanol–water partition coefficient (Wildman–Crippen LogP) is 4.24. The maximum absolute atomic E-state index is 14.0. The number of rotatable bonds is 5. The van der Waals surface area contributed by atoms with Crippen LogP contribution in [-0.4, -0.2) is 17.4 Å². The van der Waals surface area contributed by atoms with E-state index in [-0.39, 0.29) is 29.9 Å². The molecule has 4 nitrogen and oxygen atoms in total. The van der Waals surface area contributed by atoms with Gasteiger partial charge in [0.15, 0.2) is 0 Å². The van der Waals surface area contributed by atoms with Crippen molar-refractivity contribution in [1.29, 1.82) is 0 Å². The van der Waals surface area contributed by atoms with Crippen molar-refractivity contribution in [1.82, 2.24) is 4.90 Å². The largest absolute Gasteiger partial charge is 0.336 e. The summed E-state index contributed by atoms with van der Waals surface area (Å²) in [4.78, 5) is 25.5. The zero-order chi connectivity index (χ0) is 17.1. The van der Waals surface area contributed by atoms with Crippen LogP contribution in [0.1, 0.15) is 36.6 Å². The summed E-state index contributed by atoms with van der Waals surface area (Å²) in [6.07, 6.45) is 0.210. The van der Waals surface area contributed by atoms with E-state index < -0.39 is 11.9 Å². The molecule has 1 heterocycles. The Balaban J connectivity index is 1.81. The van der Waals surface area contributed by atoms with Crippen LogP contribution >= 0.6 is 0 Å². The number of halogens is 1. The van der Waals surface area contributed by atoms with Gasteiger partial charge in [0, 0.05) is 24.4 Å². The molecule has 0 spiro atoms. The minimum atomic E-state index is -0.844. The lowest BCUT2D eigenvalue weighted by Crippen LogP contribution is -2.29. The summed E-state index contributed by atoms with van der Waals surface area (Å²) in [7, 11) is 0. The highest BCUT2D eigenvalue weighted by Crippen LogP contribution is 2.37. The van der Waals surface area contributed by atoms with Gasteiger partial charge >= 0.3 is 0 Å². The van der Waals surface area contributed by atoms with E-state index in [9.17, 15) is 14.1 Å². The molecule has 2 aromatic rings. The monoisotopic (exact) mass is 326 g/mol. The Labute approximate surface area is 140 Å². The molecule has 1 aliphatic heterocycles. The first kappa shape index (κ1) is 16.3. The van der Waals surface area contributed by atoms with Gasteiger partial charge in [0.1, 0.15) is 11.9 Å². The fraction of sp³-hybridized carbons (Fsp3) is 0.316. The third-order valence-electron chi connectivity index (χ3n) is 4.72. The molecule has 2 unspecified atom stereocenters. The second kappa shape index (κ2) is 6.91. The summed E-state index contributed by atoms with van der Waals surface area (Å²) >= 11 is 0. The summed E-state index contributed by atoms with van der Waals surface area (Å²) in [5.74, 6) is -0.788. The number of carbonyl (C=O) groups is 1. The Morgan fingerprint density at radius 3 is 2.46 bits per heavy atom. The number of hydrogen-bond acceptors (Lipinski definition) is 3. The Morgan fingerprint density at radius 2 is 1.79 bits per heavy atom. The van der Waals surface area contributed by atoms with Crippen molar-refractivity contribution < 1.29 is 9.18 Å². The molecule has 0 bridgehead atoms. The fourth-order valence-corrected chi connectivity index (χ4v) is 3.37. The van der Waals surface area contributed by atoms with E-state index in [4.69, 9.17) is 0 Å². The summed E-state index contributed by atoms with van der Waals surface area (Å²) in [5, 5.41) is 3.13. The van der Waals surface area contributed by atoms with Crippen LogP contribution in [0, 0.1) is 16.6 Å². The predicted molar refractivity (Wildman–Crippen MR) is 89.6 cm³/mol. The summed E-state index contributed by atoms with van der Waals surface area (Å²) < 4.78 is 14.0. The zero-order valence-corrected chi connectivity index (χ0v) is 13.4. The van der Waals surface area contributed by atoms with E-state index in [0.29, 0.717) is 6.54 Å². The van der Waals surface area contributed by atoms with Crippen LogP contribution in [0.25, 0.3) is 0 Å². The lowest BCUT2D eigenvalue weighted by atomic mass is 9.92. The molecule has 1 saturated heterocycles. The molecule has 0 saturated carbocycles. The normalized spacial score (nSPS) is 20.0. The number of nitroso groups, excluding NO2 is 1. The van der Waals surface area contributed by atoms with Crippen LogP contribution in [0.3, 0.4) is 0 Å². The smallest absolute Gasteiger partial charge is 0.223 e. The highest BCUT2D eigenvalue weighted by molar-refractivity contribution is 5.79. The molecule has 3 atom stereocenters. The van der Waals surface area contributed by atoms with Gasteiger partial charge in [-0.05, 0) is 18.6 Å². The number of carbonyl (C=O) groups excluding carboxylic acids is 1. The average Bonchev–Trinajstić information content (AvgIpc) is 2.99. The molecule has 0 aliphatic carbocycles. The zero-order valence-electron chi connectivity index (χ0n) is 13.4. The van der Waals surface area contributed by atoms with E-state index in [1.807, 2.05) is 37.3 Å². The highest BCUT2D eigenvalue weighted by Gasteiger charge is 2.39. The van der Waals surface area contributed by atoms with Crippen LogP contribution in [-0.2, 0) is 4.79 Å². The number of likely N-dealkylation sites (tertiary alicyclic amines) is 1. The van der Waals surface area contributed by atoms with Crippen molar-refractivity contribution in [2.45, 2.75) is 25.4 Å². The van der Waals surface area contributed by atoms with Crippen molar-refractivity contribution in [3.8, 4) is 0 Å². The molecule has 5 heteroatoms. The second-order valence-corrected chi connectivity index (χ2v) is 6.17. The van der Waals surface area contributed by atoms with Crippen LogP contribution in [0.5, 0.6) is 0 Å². The van der Waals surface area contributed by atoms with E-state index in [0.717, 1.165) is 5.56 Å². The highest BCUT2D eigenvalue weighted by atomic mass is 19.1. The topological polar surface area (TPSA) is 49.7 Å². The Kier molecular flexibility index (Phi) is 4.69. The average molecular weight is 326 g/mol. The minimum absolute atomic E-state index is 0.0265. The summed E-state index contributed by atoms with van der Waals surface area (Å²) in [5.41, 5.74) is 1.30. The molecule has 2 aromatic carbocycles. The quantitative estimate of drug-likeness (QED) is 0.772. The molecule has 1 fully saturated rings. The second-order valence-electron chi connectivity index (χ2n) is 6.17. The fourth-order valence-electron chi connectivity index (χ4n) is 3.37. The Bertz CT molecular complexity index is 735. The van der Waals surface area contributed by atoms with Crippen LogP contribution in [0.15, 0.2) is 59.8 Å². The molecular formula is C19H19FN2O2. The van der Waals surface area contributed by atoms with E-state index in [2.05, 4.69) is 5.18 Å². The molecule has 24 heavy (non-hydrogen) atoms. The van der Waals surface area contributed by atoms with Gasteiger partial charge in [0.25, 0.3) is 0 Å². The number of hydrogen-bond donors (Lipinski definition) is 0. The molecular weight excluding hydrogens is 307 g/mol. The van der Waals surface area contributed by atoms with Crippen molar-refractivity contribution in [2.24, 2.45) is 11.1 Å². The van der Waals surface area contributed by atoms with Crippen LogP contribution in [0.4, 0.5) is 4.39 Å². The Hall–Kier alpha value is -2.56. The van der Waals surface area contributed by atoms with E-state index in [1.54, 1.807) is 23.1 Å². The first-order chi connectivity index (χ1) is 11.6. The SMILES string of the molecule is C[C@@H](c1ccccc1)N1CC(C(N=O)c2ccccc2F)CC1=O. The molecule has 3 rings (SSSR count). The molecule has 0 N–H and O–H groups in total. The lowest BCUT2D eigenvalue weighted by Gasteiger charge is -2.26. The van der Waals surface area contributed by atoms with Gasteiger partial charge in [-0.25, -0.2) is 4.39 Å². The molecule has 1 aliphatic rings. The number of amides is 1. The van der Waals surface area contributed by atoms with Gasteiger partial charge in [-0.3, -0.25) is 4.79 Å². The van der Waals surface area contributed by atoms with Gasteiger partial charge in [0.05, 0.1) is 6.04 Å². The maximum Gasteiger partial charge on any atom is 0.223 e. The first-order valence-corrected chi connectivity index (χ1v) is 8.03. The molecule has 124 valence electrons. The van der Waals surface area contributed by atoms with Crippen molar-refractivity contribution in [2.75, 3.05) is 6.54 Å². The number of nitrogens with zero attached hydrogens (tertiary/aromatic N) is 2.